The average molecular weight is 192 g/mol. The van der Waals surface area contributed by atoms with Gasteiger partial charge in [0.15, 0.2) is 7.85 Å². The molecular weight excluding hydrogens is 175 g/mol. The van der Waals surface area contributed by atoms with Crippen LogP contribution in [0.4, 0.5) is 0 Å². The Labute approximate surface area is 85.8 Å². The van der Waals surface area contributed by atoms with Crippen molar-refractivity contribution < 1.29 is 0 Å². The van der Waals surface area contributed by atoms with Gasteiger partial charge in [0.2, 0.25) is 0 Å². The molecule has 0 N–H and O–H groups in total. The number of thiophene rings is 1. The molecule has 2 heteroatoms. The highest BCUT2D eigenvalue weighted by molar-refractivity contribution is 7.18. The minimum atomic E-state index is 0.888. The Morgan fingerprint density at radius 1 is 1.31 bits per heavy atom. The molecule has 1 aliphatic carbocycles. The van der Waals surface area contributed by atoms with Crippen molar-refractivity contribution in [2.75, 3.05) is 0 Å². The van der Waals surface area contributed by atoms with E-state index in [2.05, 4.69) is 20.2 Å². The standard InChI is InChI=1S/C11H17BS/c1-8-10(7-13-11(8)12)9-5-3-2-4-6-9/h7,9H,2-6,12H2,1H3. The SMILES string of the molecule is Bc1scc(C2CCCCC2)c1C. The topological polar surface area (TPSA) is 0 Å². The quantitative estimate of drug-likeness (QED) is 0.599. The van der Waals surface area contributed by atoms with Crippen LogP contribution < -0.4 is 4.78 Å². The first-order valence-corrected chi connectivity index (χ1v) is 6.21. The highest BCUT2D eigenvalue weighted by atomic mass is 32.1. The molecule has 0 radical (unpaired) electrons. The molecule has 0 spiro atoms. The molecular formula is C11H17BS. The lowest BCUT2D eigenvalue weighted by Gasteiger charge is -2.21. The van der Waals surface area contributed by atoms with Gasteiger partial charge in [-0.15, -0.1) is 0 Å². The highest BCUT2D eigenvalue weighted by Crippen LogP contribution is 2.34. The van der Waals surface area contributed by atoms with Gasteiger partial charge in [-0.1, -0.05) is 19.3 Å². The summed E-state index contributed by atoms with van der Waals surface area (Å²) in [5.74, 6) is 0.888. The molecule has 1 aromatic rings. The van der Waals surface area contributed by atoms with Crippen LogP contribution in [0.25, 0.3) is 0 Å². The minimum Gasteiger partial charge on any atom is -0.159 e. The largest absolute Gasteiger partial charge is 0.159 e. The average Bonchev–Trinajstić information content (AvgIpc) is 2.49. The molecule has 0 aliphatic heterocycles. The first-order valence-electron chi connectivity index (χ1n) is 5.33. The van der Waals surface area contributed by atoms with E-state index in [0.29, 0.717) is 0 Å². The van der Waals surface area contributed by atoms with E-state index >= 15 is 0 Å². The number of hydrogen-bond acceptors (Lipinski definition) is 1. The molecule has 0 amide bonds. The van der Waals surface area contributed by atoms with Crippen molar-refractivity contribution in [2.24, 2.45) is 0 Å². The Morgan fingerprint density at radius 2 is 2.00 bits per heavy atom. The second-order valence-corrected chi connectivity index (χ2v) is 5.29. The van der Waals surface area contributed by atoms with Gasteiger partial charge in [0, 0.05) is 0 Å². The fourth-order valence-electron chi connectivity index (χ4n) is 2.35. The molecule has 2 rings (SSSR count). The molecule has 1 saturated carbocycles. The van der Waals surface area contributed by atoms with Gasteiger partial charge in [-0.2, -0.15) is 11.3 Å². The highest BCUT2D eigenvalue weighted by Gasteiger charge is 2.18. The molecule has 0 unspecified atom stereocenters. The van der Waals surface area contributed by atoms with Crippen LogP contribution in [0.1, 0.15) is 49.1 Å². The third kappa shape index (κ3) is 1.83. The summed E-state index contributed by atoms with van der Waals surface area (Å²) in [6.45, 7) is 2.29. The molecule has 13 heavy (non-hydrogen) atoms. The Kier molecular flexibility index (Phi) is 2.78. The Hall–Kier alpha value is -0.235. The van der Waals surface area contributed by atoms with Crippen LogP contribution in [0.2, 0.25) is 0 Å². The van der Waals surface area contributed by atoms with Gasteiger partial charge in [0.1, 0.15) is 0 Å². The maximum atomic E-state index is 2.39. The summed E-state index contributed by atoms with van der Waals surface area (Å²) in [5.41, 5.74) is 3.22. The van der Waals surface area contributed by atoms with Gasteiger partial charge in [-0.3, -0.25) is 0 Å². The summed E-state index contributed by atoms with van der Waals surface area (Å²) < 4.78 is 1.51. The molecule has 1 fully saturated rings. The van der Waals surface area contributed by atoms with Crippen LogP contribution in [0.15, 0.2) is 5.38 Å². The van der Waals surface area contributed by atoms with Crippen molar-refractivity contribution in [3.63, 3.8) is 0 Å². The number of rotatable bonds is 1. The van der Waals surface area contributed by atoms with E-state index in [9.17, 15) is 0 Å². The van der Waals surface area contributed by atoms with Gasteiger partial charge in [0.25, 0.3) is 0 Å². The van der Waals surface area contributed by atoms with Crippen LogP contribution in [-0.4, -0.2) is 7.85 Å². The fourth-order valence-corrected chi connectivity index (χ4v) is 3.32. The van der Waals surface area contributed by atoms with E-state index in [4.69, 9.17) is 0 Å². The predicted octanol–water partition coefficient (Wildman–Crippen LogP) is 2.36. The van der Waals surface area contributed by atoms with Crippen molar-refractivity contribution in [3.8, 4) is 0 Å². The van der Waals surface area contributed by atoms with Gasteiger partial charge < -0.3 is 0 Å². The zero-order chi connectivity index (χ0) is 9.26. The van der Waals surface area contributed by atoms with Crippen molar-refractivity contribution in [1.82, 2.24) is 0 Å². The molecule has 1 heterocycles. The van der Waals surface area contributed by atoms with Crippen LogP contribution in [-0.2, 0) is 0 Å². The zero-order valence-corrected chi connectivity index (χ0v) is 9.41. The van der Waals surface area contributed by atoms with Gasteiger partial charge in [-0.05, 0) is 47.0 Å². The third-order valence-electron chi connectivity index (χ3n) is 3.37. The van der Waals surface area contributed by atoms with Crippen LogP contribution in [0, 0.1) is 6.92 Å². The second-order valence-electron chi connectivity index (χ2n) is 4.21. The van der Waals surface area contributed by atoms with E-state index in [1.165, 1.54) is 36.9 Å². The Morgan fingerprint density at radius 3 is 2.54 bits per heavy atom. The lowest BCUT2D eigenvalue weighted by molar-refractivity contribution is 0.443. The summed E-state index contributed by atoms with van der Waals surface area (Å²) in [4.78, 5) is 0. The second kappa shape index (κ2) is 3.87. The summed E-state index contributed by atoms with van der Waals surface area (Å²) >= 11 is 1.92. The smallest absolute Gasteiger partial charge is 0.152 e. The Bertz CT molecular complexity index is 284. The zero-order valence-electron chi connectivity index (χ0n) is 8.60. The summed E-state index contributed by atoms with van der Waals surface area (Å²) in [5, 5.41) is 2.39. The van der Waals surface area contributed by atoms with Crippen LogP contribution in [0.3, 0.4) is 0 Å². The van der Waals surface area contributed by atoms with Gasteiger partial charge >= 0.3 is 0 Å². The lowest BCUT2D eigenvalue weighted by atomic mass is 9.82. The first-order chi connectivity index (χ1) is 6.29. The van der Waals surface area contributed by atoms with E-state index in [1.54, 1.807) is 11.1 Å². The lowest BCUT2D eigenvalue weighted by Crippen LogP contribution is -2.07. The number of hydrogen-bond donors (Lipinski definition) is 0. The summed E-state index contributed by atoms with van der Waals surface area (Å²) in [6.07, 6.45) is 7.20. The van der Waals surface area contributed by atoms with E-state index < -0.39 is 0 Å². The monoisotopic (exact) mass is 192 g/mol. The van der Waals surface area contributed by atoms with Crippen molar-refractivity contribution >= 4 is 24.0 Å². The van der Waals surface area contributed by atoms with E-state index in [-0.39, 0.29) is 0 Å². The molecule has 70 valence electrons. The van der Waals surface area contributed by atoms with Gasteiger partial charge in [-0.25, -0.2) is 0 Å². The maximum Gasteiger partial charge on any atom is 0.152 e. The van der Waals surface area contributed by atoms with Gasteiger partial charge in [0.05, 0.1) is 0 Å². The normalized spacial score (nSPS) is 19.2. The van der Waals surface area contributed by atoms with Crippen molar-refractivity contribution in [2.45, 2.75) is 44.9 Å². The molecule has 0 bridgehead atoms. The maximum absolute atomic E-state index is 2.39. The molecule has 0 saturated heterocycles. The van der Waals surface area contributed by atoms with Crippen LogP contribution >= 0.6 is 11.3 Å². The Balaban J connectivity index is 2.18. The van der Waals surface area contributed by atoms with E-state index in [1.807, 2.05) is 11.3 Å². The molecule has 0 aromatic carbocycles. The van der Waals surface area contributed by atoms with Crippen LogP contribution in [0.5, 0.6) is 0 Å². The fraction of sp³-hybridized carbons (Fsp3) is 0.636. The predicted molar refractivity (Wildman–Crippen MR) is 63.1 cm³/mol. The molecule has 0 atom stereocenters. The van der Waals surface area contributed by atoms with E-state index in [0.717, 1.165) is 5.92 Å². The summed E-state index contributed by atoms with van der Waals surface area (Å²) in [7, 11) is 2.24. The summed E-state index contributed by atoms with van der Waals surface area (Å²) in [6, 6.07) is 0. The molecule has 1 aliphatic rings. The molecule has 0 nitrogen and oxygen atoms in total. The third-order valence-corrected chi connectivity index (χ3v) is 4.40. The van der Waals surface area contributed by atoms with Crippen molar-refractivity contribution in [3.05, 3.63) is 16.5 Å². The first kappa shape index (κ1) is 9.33. The minimum absolute atomic E-state index is 0.888. The molecule has 1 aromatic heterocycles. The van der Waals surface area contributed by atoms with Crippen molar-refractivity contribution in [1.29, 1.82) is 0 Å².